The number of carbonyl (C=O) groups excluding carboxylic acids is 1. The van der Waals surface area contributed by atoms with Gasteiger partial charge in [-0.1, -0.05) is 42.1 Å². The number of rotatable bonds is 8. The van der Waals surface area contributed by atoms with Crippen LogP contribution in [0.3, 0.4) is 0 Å². The van der Waals surface area contributed by atoms with Gasteiger partial charge in [-0.3, -0.25) is 15.0 Å². The Bertz CT molecular complexity index is 1020. The van der Waals surface area contributed by atoms with E-state index in [-0.39, 0.29) is 36.1 Å². The summed E-state index contributed by atoms with van der Waals surface area (Å²) in [5.41, 5.74) is 6.21. The maximum atomic E-state index is 14.6. The third-order valence-corrected chi connectivity index (χ3v) is 6.27. The summed E-state index contributed by atoms with van der Waals surface area (Å²) in [6, 6.07) is 12.1. The second kappa shape index (κ2) is 10.1. The van der Waals surface area contributed by atoms with E-state index in [1.54, 1.807) is 12.1 Å². The molecule has 1 aliphatic rings. The maximum absolute atomic E-state index is 14.6. The molecule has 8 nitrogen and oxygen atoms in total. The molecule has 1 unspecified atom stereocenters. The lowest BCUT2D eigenvalue weighted by Crippen LogP contribution is -2.46. The molecule has 1 amide bonds. The van der Waals surface area contributed by atoms with E-state index < -0.39 is 22.4 Å². The van der Waals surface area contributed by atoms with Crippen molar-refractivity contribution in [1.82, 2.24) is 10.1 Å². The fourth-order valence-corrected chi connectivity index (χ4v) is 4.74. The summed E-state index contributed by atoms with van der Waals surface area (Å²) >= 11 is 1.11. The first-order valence-corrected chi connectivity index (χ1v) is 10.4. The minimum atomic E-state index is -1.14. The Morgan fingerprint density at radius 1 is 1.25 bits per heavy atom. The number of hydrogen-bond acceptors (Lipinski definition) is 6. The van der Waals surface area contributed by atoms with Crippen LogP contribution in [0.4, 0.5) is 8.78 Å². The molecule has 32 heavy (non-hydrogen) atoms. The number of thioether (sulfide) groups is 1. The quantitative estimate of drug-likeness (QED) is 0.354. The predicted octanol–water partition coefficient (Wildman–Crippen LogP) is 2.85. The highest BCUT2D eigenvalue weighted by atomic mass is 32.2. The van der Waals surface area contributed by atoms with Gasteiger partial charge >= 0.3 is 0 Å². The van der Waals surface area contributed by atoms with Gasteiger partial charge in [-0.15, -0.1) is 0 Å². The second-order valence-corrected chi connectivity index (χ2v) is 8.11. The Balaban J connectivity index is 2.11. The topological polar surface area (TPSA) is 104 Å². The van der Waals surface area contributed by atoms with Crippen LogP contribution in [-0.2, 0) is 19.2 Å². The van der Waals surface area contributed by atoms with Gasteiger partial charge in [-0.25, -0.2) is 18.9 Å². The molecule has 1 aliphatic heterocycles. The third-order valence-electron chi connectivity index (χ3n) is 4.83. The summed E-state index contributed by atoms with van der Waals surface area (Å²) in [7, 11) is 2.75. The van der Waals surface area contributed by atoms with Gasteiger partial charge in [0.25, 0.3) is 5.91 Å². The van der Waals surface area contributed by atoms with Gasteiger partial charge in [-0.05, 0) is 23.8 Å². The summed E-state index contributed by atoms with van der Waals surface area (Å²) in [4.78, 5) is 17.0. The number of halogens is 2. The molecule has 3 rings (SSSR count). The van der Waals surface area contributed by atoms with Crippen molar-refractivity contribution in [2.45, 2.75) is 11.3 Å². The first-order valence-electron chi connectivity index (χ1n) is 9.58. The van der Waals surface area contributed by atoms with Crippen LogP contribution in [0.5, 0.6) is 0 Å². The fraction of sp³-hybridized carbons (Fsp3) is 0.286. The van der Waals surface area contributed by atoms with Crippen molar-refractivity contribution in [1.29, 1.82) is 5.41 Å². The lowest BCUT2D eigenvalue weighted by atomic mass is 10.0. The van der Waals surface area contributed by atoms with Crippen LogP contribution in [0.2, 0.25) is 0 Å². The van der Waals surface area contributed by atoms with Crippen molar-refractivity contribution in [2.75, 3.05) is 27.4 Å². The van der Waals surface area contributed by atoms with E-state index in [0.717, 1.165) is 35.0 Å². The van der Waals surface area contributed by atoms with E-state index in [1.807, 2.05) is 18.2 Å². The molecule has 1 atom stereocenters. The Hall–Kier alpha value is -3.02. The van der Waals surface area contributed by atoms with Crippen LogP contribution >= 0.6 is 11.8 Å². The van der Waals surface area contributed by atoms with Crippen LogP contribution in [-0.4, -0.2) is 54.4 Å². The monoisotopic (exact) mass is 463 g/mol. The number of nitrogens with zero attached hydrogens (tertiary/aromatic N) is 3. The summed E-state index contributed by atoms with van der Waals surface area (Å²) < 4.78 is 33.5. The molecule has 0 bridgehead atoms. The van der Waals surface area contributed by atoms with E-state index in [1.165, 1.54) is 19.2 Å². The number of benzene rings is 2. The molecule has 2 aromatic rings. The van der Waals surface area contributed by atoms with E-state index in [4.69, 9.17) is 20.7 Å². The molecule has 0 saturated carbocycles. The average molecular weight is 464 g/mol. The minimum Gasteiger partial charge on any atom is -0.375 e. The molecule has 0 fully saturated rings. The van der Waals surface area contributed by atoms with E-state index >= 15 is 0 Å². The Morgan fingerprint density at radius 2 is 1.97 bits per heavy atom. The van der Waals surface area contributed by atoms with Crippen molar-refractivity contribution in [2.24, 2.45) is 10.8 Å². The standard InChI is InChI=1S/C21H23F2N5O3S/c1-30-13-18(29)28-21(14-6-4-3-5-7-14,10-11-27(31-2)20(24)25)32-19(26-28)16-12-15(22)8-9-17(16)23/h3-9,12H,10-11,13H2,1-2H3,(H3,24,25). The van der Waals surface area contributed by atoms with Crippen molar-refractivity contribution in [3.63, 3.8) is 0 Å². The van der Waals surface area contributed by atoms with Crippen molar-refractivity contribution in [3.05, 3.63) is 71.3 Å². The molecule has 3 N–H and O–H groups in total. The molecule has 0 radical (unpaired) electrons. The lowest BCUT2D eigenvalue weighted by Gasteiger charge is -2.37. The van der Waals surface area contributed by atoms with Crippen molar-refractivity contribution >= 4 is 28.7 Å². The molecular formula is C21H23F2N5O3S. The molecule has 0 aromatic heterocycles. The summed E-state index contributed by atoms with van der Waals surface area (Å²) in [5, 5.41) is 14.6. The summed E-state index contributed by atoms with van der Waals surface area (Å²) in [6.45, 7) is -0.142. The number of hydrazone groups is 1. The van der Waals surface area contributed by atoms with Gasteiger partial charge in [0.15, 0.2) is 0 Å². The summed E-state index contributed by atoms with van der Waals surface area (Å²) in [6.07, 6.45) is 0.203. The van der Waals surface area contributed by atoms with Gasteiger partial charge in [0.05, 0.1) is 13.7 Å². The fourth-order valence-electron chi connectivity index (χ4n) is 3.35. The van der Waals surface area contributed by atoms with Gasteiger partial charge in [-0.2, -0.15) is 5.10 Å². The van der Waals surface area contributed by atoms with Crippen LogP contribution in [0.15, 0.2) is 53.6 Å². The smallest absolute Gasteiger partial charge is 0.270 e. The number of guanidine groups is 1. The second-order valence-electron chi connectivity index (χ2n) is 6.84. The Morgan fingerprint density at radius 3 is 2.59 bits per heavy atom. The maximum Gasteiger partial charge on any atom is 0.270 e. The molecule has 0 spiro atoms. The minimum absolute atomic E-state index is 0.0572. The number of nitrogens with one attached hydrogen (secondary N) is 1. The Kier molecular flexibility index (Phi) is 7.44. The number of carbonyl (C=O) groups is 1. The molecule has 2 aromatic carbocycles. The number of ether oxygens (including phenoxy) is 1. The molecule has 11 heteroatoms. The van der Waals surface area contributed by atoms with Gasteiger partial charge in [0.1, 0.15) is 28.2 Å². The van der Waals surface area contributed by atoms with Crippen LogP contribution < -0.4 is 5.73 Å². The first kappa shape index (κ1) is 23.6. The first-order chi connectivity index (χ1) is 15.3. The predicted molar refractivity (Wildman–Crippen MR) is 118 cm³/mol. The SMILES string of the molecule is COCC(=O)N1N=C(c2cc(F)ccc2F)SC1(CCN(OC)C(=N)N)c1ccccc1. The number of methoxy groups -OCH3 is 1. The highest BCUT2D eigenvalue weighted by Crippen LogP contribution is 2.50. The van der Waals surface area contributed by atoms with Crippen LogP contribution in [0, 0.1) is 17.0 Å². The largest absolute Gasteiger partial charge is 0.375 e. The van der Waals surface area contributed by atoms with Crippen LogP contribution in [0.25, 0.3) is 0 Å². The number of amides is 1. The molecule has 0 saturated heterocycles. The zero-order valence-electron chi connectivity index (χ0n) is 17.5. The van der Waals surface area contributed by atoms with E-state index in [2.05, 4.69) is 5.10 Å². The lowest BCUT2D eigenvalue weighted by molar-refractivity contribution is -0.139. The average Bonchev–Trinajstić information content (AvgIpc) is 3.17. The number of nitrogens with two attached hydrogens (primary N) is 1. The summed E-state index contributed by atoms with van der Waals surface area (Å²) in [5.74, 6) is -2.07. The van der Waals surface area contributed by atoms with Gasteiger partial charge < -0.3 is 10.5 Å². The highest BCUT2D eigenvalue weighted by Gasteiger charge is 2.49. The highest BCUT2D eigenvalue weighted by molar-refractivity contribution is 8.15. The van der Waals surface area contributed by atoms with Crippen LogP contribution in [0.1, 0.15) is 17.5 Å². The van der Waals surface area contributed by atoms with Gasteiger partial charge in [0.2, 0.25) is 5.96 Å². The van der Waals surface area contributed by atoms with Crippen molar-refractivity contribution < 1.29 is 23.1 Å². The zero-order chi connectivity index (χ0) is 23.3. The van der Waals surface area contributed by atoms with Crippen molar-refractivity contribution in [3.8, 4) is 0 Å². The molecular weight excluding hydrogens is 440 g/mol. The van der Waals surface area contributed by atoms with Gasteiger partial charge in [0, 0.05) is 19.1 Å². The van der Waals surface area contributed by atoms with E-state index in [9.17, 15) is 13.6 Å². The van der Waals surface area contributed by atoms with E-state index in [0.29, 0.717) is 5.56 Å². The molecule has 1 heterocycles. The Labute approximate surface area is 188 Å². The molecule has 170 valence electrons. The normalized spacial score (nSPS) is 17.9. The zero-order valence-corrected chi connectivity index (χ0v) is 18.4. The number of hydroxylamine groups is 2. The molecule has 0 aliphatic carbocycles. The third kappa shape index (κ3) is 4.74. The number of hydrogen-bond donors (Lipinski definition) is 2.